The maximum absolute atomic E-state index is 6.21. The molecule has 0 saturated heterocycles. The van der Waals surface area contributed by atoms with Crippen LogP contribution in [-0.2, 0) is 0 Å². The number of pyridine rings is 1. The first-order valence-electron chi connectivity index (χ1n) is 6.29. The van der Waals surface area contributed by atoms with E-state index < -0.39 is 0 Å². The SMILES string of the molecule is COc1ccc(C2C[C@@H](N)c3ccccc3O2)cn1. The molecule has 4 heteroatoms. The average molecular weight is 256 g/mol. The van der Waals surface area contributed by atoms with Crippen LogP contribution in [0.4, 0.5) is 0 Å². The zero-order valence-electron chi connectivity index (χ0n) is 10.7. The van der Waals surface area contributed by atoms with E-state index in [4.69, 9.17) is 15.2 Å². The van der Waals surface area contributed by atoms with Crippen LogP contribution in [-0.4, -0.2) is 12.1 Å². The standard InChI is InChI=1S/C15H16N2O2/c1-18-15-7-6-10(9-17-15)14-8-12(16)11-4-2-3-5-13(11)19-14/h2-7,9,12,14H,8,16H2,1H3/t12-,14?/m1/s1. The summed E-state index contributed by atoms with van der Waals surface area (Å²) in [5, 5.41) is 0. The van der Waals surface area contributed by atoms with E-state index in [0.29, 0.717) is 5.88 Å². The molecule has 2 aromatic rings. The number of hydrogen-bond acceptors (Lipinski definition) is 4. The van der Waals surface area contributed by atoms with Crippen LogP contribution in [0.2, 0.25) is 0 Å². The van der Waals surface area contributed by atoms with E-state index in [1.54, 1.807) is 13.3 Å². The van der Waals surface area contributed by atoms with Crippen LogP contribution < -0.4 is 15.2 Å². The van der Waals surface area contributed by atoms with Gasteiger partial charge in [0.1, 0.15) is 11.9 Å². The molecule has 1 aliphatic heterocycles. The van der Waals surface area contributed by atoms with Crippen molar-refractivity contribution in [2.45, 2.75) is 18.6 Å². The zero-order valence-corrected chi connectivity index (χ0v) is 10.7. The molecular formula is C15H16N2O2. The molecule has 1 unspecified atom stereocenters. The minimum absolute atomic E-state index is 0.00273. The lowest BCUT2D eigenvalue weighted by Crippen LogP contribution is -2.24. The molecule has 2 N–H and O–H groups in total. The summed E-state index contributed by atoms with van der Waals surface area (Å²) in [4.78, 5) is 4.21. The van der Waals surface area contributed by atoms with Gasteiger partial charge in [0.15, 0.2) is 0 Å². The van der Waals surface area contributed by atoms with E-state index in [1.807, 2.05) is 36.4 Å². The van der Waals surface area contributed by atoms with E-state index in [2.05, 4.69) is 4.98 Å². The van der Waals surface area contributed by atoms with Crippen molar-refractivity contribution in [3.63, 3.8) is 0 Å². The van der Waals surface area contributed by atoms with Gasteiger partial charge in [-0.25, -0.2) is 4.98 Å². The summed E-state index contributed by atoms with van der Waals surface area (Å²) < 4.78 is 11.1. The Kier molecular flexibility index (Phi) is 3.09. The second-order valence-corrected chi connectivity index (χ2v) is 4.62. The first kappa shape index (κ1) is 12.0. The number of fused-ring (bicyclic) bond motifs is 1. The molecule has 0 fully saturated rings. The summed E-state index contributed by atoms with van der Waals surface area (Å²) in [6.45, 7) is 0. The van der Waals surface area contributed by atoms with Gasteiger partial charge in [-0.1, -0.05) is 18.2 Å². The number of rotatable bonds is 2. The summed E-state index contributed by atoms with van der Waals surface area (Å²) in [6, 6.07) is 11.7. The summed E-state index contributed by atoms with van der Waals surface area (Å²) in [5.41, 5.74) is 8.29. The first-order chi connectivity index (χ1) is 9.28. The monoisotopic (exact) mass is 256 g/mol. The average Bonchev–Trinajstić information content (AvgIpc) is 2.47. The predicted octanol–water partition coefficient (Wildman–Crippen LogP) is 2.61. The maximum atomic E-state index is 6.21. The number of nitrogens with zero attached hydrogens (tertiary/aromatic N) is 1. The van der Waals surface area contributed by atoms with Crippen LogP contribution in [0, 0.1) is 0 Å². The first-order valence-corrected chi connectivity index (χ1v) is 6.29. The summed E-state index contributed by atoms with van der Waals surface area (Å²) in [6.07, 6.45) is 2.48. The molecule has 0 amide bonds. The van der Waals surface area contributed by atoms with Crippen LogP contribution in [0.3, 0.4) is 0 Å². The Morgan fingerprint density at radius 2 is 2.11 bits per heavy atom. The number of benzene rings is 1. The largest absolute Gasteiger partial charge is 0.485 e. The van der Waals surface area contributed by atoms with Crippen LogP contribution in [0.5, 0.6) is 11.6 Å². The van der Waals surface area contributed by atoms with Crippen LogP contribution in [0.15, 0.2) is 42.6 Å². The highest BCUT2D eigenvalue weighted by Crippen LogP contribution is 2.39. The Balaban J connectivity index is 1.87. The number of aromatic nitrogens is 1. The van der Waals surface area contributed by atoms with Gasteiger partial charge in [0.25, 0.3) is 0 Å². The number of methoxy groups -OCH3 is 1. The molecule has 0 radical (unpaired) electrons. The molecular weight excluding hydrogens is 240 g/mol. The summed E-state index contributed by atoms with van der Waals surface area (Å²) >= 11 is 0. The molecule has 0 spiro atoms. The Morgan fingerprint density at radius 3 is 2.84 bits per heavy atom. The molecule has 0 aliphatic carbocycles. The molecule has 0 saturated carbocycles. The van der Waals surface area contributed by atoms with Crippen molar-refractivity contribution in [1.29, 1.82) is 0 Å². The van der Waals surface area contributed by atoms with E-state index in [0.717, 1.165) is 23.3 Å². The van der Waals surface area contributed by atoms with Gasteiger partial charge in [0.05, 0.1) is 7.11 Å². The highest BCUT2D eigenvalue weighted by Gasteiger charge is 2.26. The number of ether oxygens (including phenoxy) is 2. The topological polar surface area (TPSA) is 57.4 Å². The fourth-order valence-electron chi connectivity index (χ4n) is 2.36. The van der Waals surface area contributed by atoms with Crippen LogP contribution >= 0.6 is 0 Å². The van der Waals surface area contributed by atoms with E-state index in [-0.39, 0.29) is 12.1 Å². The van der Waals surface area contributed by atoms with Gasteiger partial charge in [-0.15, -0.1) is 0 Å². The fourth-order valence-corrected chi connectivity index (χ4v) is 2.36. The van der Waals surface area contributed by atoms with Crippen LogP contribution in [0.1, 0.15) is 29.7 Å². The van der Waals surface area contributed by atoms with Gasteiger partial charge in [-0.05, 0) is 12.1 Å². The van der Waals surface area contributed by atoms with Gasteiger partial charge in [0.2, 0.25) is 5.88 Å². The second-order valence-electron chi connectivity index (χ2n) is 4.62. The molecule has 4 nitrogen and oxygen atoms in total. The zero-order chi connectivity index (χ0) is 13.2. The van der Waals surface area contributed by atoms with Gasteiger partial charge >= 0.3 is 0 Å². The van der Waals surface area contributed by atoms with E-state index in [1.165, 1.54) is 0 Å². The van der Waals surface area contributed by atoms with Gasteiger partial charge in [-0.2, -0.15) is 0 Å². The maximum Gasteiger partial charge on any atom is 0.212 e. The van der Waals surface area contributed by atoms with Crippen molar-refractivity contribution >= 4 is 0 Å². The highest BCUT2D eigenvalue weighted by atomic mass is 16.5. The second kappa shape index (κ2) is 4.90. The Hall–Kier alpha value is -2.07. The number of hydrogen-bond donors (Lipinski definition) is 1. The Morgan fingerprint density at radius 1 is 1.26 bits per heavy atom. The third-order valence-corrected chi connectivity index (χ3v) is 3.40. The van der Waals surface area contributed by atoms with Crippen molar-refractivity contribution < 1.29 is 9.47 Å². The molecule has 0 bridgehead atoms. The molecule has 2 atom stereocenters. The quantitative estimate of drug-likeness (QED) is 0.897. The Labute approximate surface area is 112 Å². The lowest BCUT2D eigenvalue weighted by atomic mass is 9.94. The molecule has 1 aliphatic rings. The lowest BCUT2D eigenvalue weighted by Gasteiger charge is -2.30. The van der Waals surface area contributed by atoms with Crippen molar-refractivity contribution in [2.24, 2.45) is 5.73 Å². The molecule has 1 aromatic carbocycles. The van der Waals surface area contributed by atoms with Crippen molar-refractivity contribution in [2.75, 3.05) is 7.11 Å². The minimum Gasteiger partial charge on any atom is -0.485 e. The van der Waals surface area contributed by atoms with Gasteiger partial charge in [0, 0.05) is 35.9 Å². The van der Waals surface area contributed by atoms with Crippen molar-refractivity contribution in [3.05, 3.63) is 53.7 Å². The molecule has 2 heterocycles. The predicted molar refractivity (Wildman–Crippen MR) is 72.1 cm³/mol. The van der Waals surface area contributed by atoms with Gasteiger partial charge < -0.3 is 15.2 Å². The van der Waals surface area contributed by atoms with E-state index in [9.17, 15) is 0 Å². The summed E-state index contributed by atoms with van der Waals surface area (Å²) in [5.74, 6) is 1.46. The number of nitrogens with two attached hydrogens (primary N) is 1. The third kappa shape index (κ3) is 2.27. The molecule has 19 heavy (non-hydrogen) atoms. The Bertz CT molecular complexity index is 569. The third-order valence-electron chi connectivity index (χ3n) is 3.40. The summed E-state index contributed by atoms with van der Waals surface area (Å²) in [7, 11) is 1.60. The molecule has 3 rings (SSSR count). The van der Waals surface area contributed by atoms with Crippen molar-refractivity contribution in [1.82, 2.24) is 4.98 Å². The van der Waals surface area contributed by atoms with Gasteiger partial charge in [-0.3, -0.25) is 0 Å². The smallest absolute Gasteiger partial charge is 0.212 e. The molecule has 98 valence electrons. The van der Waals surface area contributed by atoms with Crippen molar-refractivity contribution in [3.8, 4) is 11.6 Å². The van der Waals surface area contributed by atoms with Crippen LogP contribution in [0.25, 0.3) is 0 Å². The number of para-hydroxylation sites is 1. The van der Waals surface area contributed by atoms with E-state index >= 15 is 0 Å². The highest BCUT2D eigenvalue weighted by molar-refractivity contribution is 5.39. The minimum atomic E-state index is -0.0525. The fraction of sp³-hybridized carbons (Fsp3) is 0.267. The molecule has 1 aromatic heterocycles. The normalized spacial score (nSPS) is 21.4. The lowest BCUT2D eigenvalue weighted by molar-refractivity contribution is 0.161.